The zero-order valence-electron chi connectivity index (χ0n) is 15.7. The number of hydrogen-bond donors (Lipinski definition) is 1. The molecular weight excluding hydrogens is 382 g/mol. The number of thioether (sulfide) groups is 1. The Morgan fingerprint density at radius 3 is 2.85 bits per heavy atom. The standard InChI is InChI=1S/C19H23N3O3S2/c1-11(2)25-18(24)16-13-6-4-5-7-14(13)27-17(16)22-15(23)10-26-19-20-9-8-12(3)21-19/h8-9,11H,4-7,10H2,1-3H3,(H,22,23). The first kappa shape index (κ1) is 19.8. The largest absolute Gasteiger partial charge is 0.459 e. The average Bonchev–Trinajstić information content (AvgIpc) is 2.97. The van der Waals surface area contributed by atoms with Gasteiger partial charge in [0.05, 0.1) is 17.4 Å². The lowest BCUT2D eigenvalue weighted by molar-refractivity contribution is -0.113. The minimum absolute atomic E-state index is 0.178. The van der Waals surface area contributed by atoms with Crippen molar-refractivity contribution in [3.8, 4) is 0 Å². The molecule has 0 aromatic carbocycles. The fraction of sp³-hybridized carbons (Fsp3) is 0.474. The van der Waals surface area contributed by atoms with E-state index in [9.17, 15) is 9.59 Å². The van der Waals surface area contributed by atoms with Crippen LogP contribution >= 0.6 is 23.1 Å². The van der Waals surface area contributed by atoms with Gasteiger partial charge in [0.2, 0.25) is 5.91 Å². The van der Waals surface area contributed by atoms with Crippen molar-refractivity contribution in [1.29, 1.82) is 0 Å². The van der Waals surface area contributed by atoms with Crippen LogP contribution < -0.4 is 5.32 Å². The molecule has 2 heterocycles. The quantitative estimate of drug-likeness (QED) is 0.444. The highest BCUT2D eigenvalue weighted by atomic mass is 32.2. The normalized spacial score (nSPS) is 13.3. The Balaban J connectivity index is 1.74. The van der Waals surface area contributed by atoms with E-state index in [0.717, 1.165) is 36.9 Å². The van der Waals surface area contributed by atoms with Crippen LogP contribution in [-0.4, -0.2) is 33.7 Å². The van der Waals surface area contributed by atoms with E-state index < -0.39 is 0 Å². The molecule has 144 valence electrons. The van der Waals surface area contributed by atoms with Gasteiger partial charge in [0.25, 0.3) is 0 Å². The van der Waals surface area contributed by atoms with E-state index in [2.05, 4.69) is 15.3 Å². The average molecular weight is 406 g/mol. The van der Waals surface area contributed by atoms with E-state index in [1.807, 2.05) is 26.8 Å². The summed E-state index contributed by atoms with van der Waals surface area (Å²) in [5.74, 6) is -0.346. The summed E-state index contributed by atoms with van der Waals surface area (Å²) >= 11 is 2.77. The van der Waals surface area contributed by atoms with E-state index in [-0.39, 0.29) is 23.7 Å². The summed E-state index contributed by atoms with van der Waals surface area (Å²) in [6, 6.07) is 1.81. The first-order valence-electron chi connectivity index (χ1n) is 9.02. The molecule has 27 heavy (non-hydrogen) atoms. The number of aryl methyl sites for hydroxylation is 2. The van der Waals surface area contributed by atoms with Crippen molar-refractivity contribution in [1.82, 2.24) is 9.97 Å². The molecule has 8 heteroatoms. The molecule has 0 saturated carbocycles. The third-order valence-corrected chi connectivity index (χ3v) is 6.14. The molecule has 1 aliphatic carbocycles. The molecule has 3 rings (SSSR count). The second-order valence-corrected chi connectivity index (χ2v) is 8.73. The van der Waals surface area contributed by atoms with Gasteiger partial charge >= 0.3 is 5.97 Å². The number of amides is 1. The van der Waals surface area contributed by atoms with Gasteiger partial charge in [-0.05, 0) is 58.1 Å². The van der Waals surface area contributed by atoms with E-state index in [4.69, 9.17) is 4.74 Å². The third kappa shape index (κ3) is 5.07. The Morgan fingerprint density at radius 1 is 1.33 bits per heavy atom. The minimum atomic E-state index is -0.352. The van der Waals surface area contributed by atoms with Gasteiger partial charge in [-0.25, -0.2) is 14.8 Å². The summed E-state index contributed by atoms with van der Waals surface area (Å²) in [4.78, 5) is 34.7. The summed E-state index contributed by atoms with van der Waals surface area (Å²) in [5, 5.41) is 4.07. The molecule has 0 unspecified atom stereocenters. The molecule has 6 nitrogen and oxygen atoms in total. The number of hydrogen-bond acceptors (Lipinski definition) is 7. The van der Waals surface area contributed by atoms with Gasteiger partial charge < -0.3 is 10.1 Å². The molecule has 1 aliphatic rings. The Morgan fingerprint density at radius 2 is 2.11 bits per heavy atom. The second kappa shape index (κ2) is 8.84. The number of esters is 1. The Bertz CT molecular complexity index is 849. The van der Waals surface area contributed by atoms with Gasteiger partial charge in [-0.2, -0.15) is 0 Å². The molecule has 0 spiro atoms. The van der Waals surface area contributed by atoms with Crippen molar-refractivity contribution in [2.24, 2.45) is 0 Å². The molecule has 1 N–H and O–H groups in total. The Labute approximate surface area is 167 Å². The number of nitrogens with zero attached hydrogens (tertiary/aromatic N) is 2. The van der Waals surface area contributed by atoms with E-state index in [1.54, 1.807) is 6.20 Å². The van der Waals surface area contributed by atoms with Crippen molar-refractivity contribution in [3.05, 3.63) is 34.0 Å². The van der Waals surface area contributed by atoms with Crippen LogP contribution in [0.3, 0.4) is 0 Å². The van der Waals surface area contributed by atoms with Crippen molar-refractivity contribution in [2.75, 3.05) is 11.1 Å². The van der Waals surface area contributed by atoms with Gasteiger partial charge in [0, 0.05) is 16.8 Å². The maximum atomic E-state index is 12.6. The number of aromatic nitrogens is 2. The van der Waals surface area contributed by atoms with Crippen LogP contribution in [0.1, 0.15) is 53.2 Å². The van der Waals surface area contributed by atoms with Crippen LogP contribution in [0.2, 0.25) is 0 Å². The number of fused-ring (bicyclic) bond motifs is 1. The second-order valence-electron chi connectivity index (χ2n) is 6.69. The smallest absolute Gasteiger partial charge is 0.341 e. The molecule has 2 aromatic heterocycles. The topological polar surface area (TPSA) is 81.2 Å². The zero-order valence-corrected chi connectivity index (χ0v) is 17.3. The van der Waals surface area contributed by atoms with Crippen LogP contribution in [-0.2, 0) is 22.4 Å². The van der Waals surface area contributed by atoms with Gasteiger partial charge in [0.15, 0.2) is 5.16 Å². The predicted octanol–water partition coefficient (Wildman–Crippen LogP) is 4.02. The van der Waals surface area contributed by atoms with E-state index >= 15 is 0 Å². The highest BCUT2D eigenvalue weighted by molar-refractivity contribution is 7.99. The van der Waals surface area contributed by atoms with Gasteiger partial charge in [0.1, 0.15) is 5.00 Å². The van der Waals surface area contributed by atoms with Crippen LogP contribution in [0.25, 0.3) is 0 Å². The van der Waals surface area contributed by atoms with Crippen molar-refractivity contribution in [3.63, 3.8) is 0 Å². The minimum Gasteiger partial charge on any atom is -0.459 e. The molecule has 0 saturated heterocycles. The lowest BCUT2D eigenvalue weighted by Gasteiger charge is -2.14. The molecule has 0 fully saturated rings. The number of rotatable bonds is 6. The number of carbonyl (C=O) groups is 2. The monoisotopic (exact) mass is 405 g/mol. The van der Waals surface area contributed by atoms with Crippen LogP contribution in [0, 0.1) is 6.92 Å². The highest BCUT2D eigenvalue weighted by Gasteiger charge is 2.27. The van der Waals surface area contributed by atoms with E-state index in [0.29, 0.717) is 15.7 Å². The van der Waals surface area contributed by atoms with Gasteiger partial charge in [-0.3, -0.25) is 4.79 Å². The number of carbonyl (C=O) groups excluding carboxylic acids is 2. The fourth-order valence-electron chi connectivity index (χ4n) is 2.93. The predicted molar refractivity (Wildman–Crippen MR) is 108 cm³/mol. The summed E-state index contributed by atoms with van der Waals surface area (Å²) in [7, 11) is 0. The number of thiophene rings is 1. The molecule has 1 amide bonds. The van der Waals surface area contributed by atoms with Crippen LogP contribution in [0.4, 0.5) is 5.00 Å². The summed E-state index contributed by atoms with van der Waals surface area (Å²) < 4.78 is 5.42. The first-order chi connectivity index (χ1) is 12.9. The number of nitrogens with one attached hydrogen (secondary N) is 1. The van der Waals surface area contributed by atoms with Gasteiger partial charge in [-0.15, -0.1) is 11.3 Å². The fourth-order valence-corrected chi connectivity index (χ4v) is 4.90. The summed E-state index contributed by atoms with van der Waals surface area (Å²) in [6.45, 7) is 5.54. The van der Waals surface area contributed by atoms with Crippen molar-refractivity contribution in [2.45, 2.75) is 57.7 Å². The molecule has 0 atom stereocenters. The summed E-state index contributed by atoms with van der Waals surface area (Å²) in [6.07, 6.45) is 5.45. The SMILES string of the molecule is Cc1ccnc(SCC(=O)Nc2sc3c(c2C(=O)OC(C)C)CCCC3)n1. The zero-order chi connectivity index (χ0) is 19.4. The lowest BCUT2D eigenvalue weighted by atomic mass is 9.95. The van der Waals surface area contributed by atoms with Crippen molar-refractivity contribution >= 4 is 40.0 Å². The Kier molecular flexibility index (Phi) is 6.49. The third-order valence-electron chi connectivity index (χ3n) is 4.08. The molecule has 0 bridgehead atoms. The number of ether oxygens (including phenoxy) is 1. The van der Waals surface area contributed by atoms with Crippen LogP contribution in [0.15, 0.2) is 17.4 Å². The van der Waals surface area contributed by atoms with Gasteiger partial charge in [-0.1, -0.05) is 11.8 Å². The molecule has 0 radical (unpaired) electrons. The maximum absolute atomic E-state index is 12.6. The highest BCUT2D eigenvalue weighted by Crippen LogP contribution is 2.38. The van der Waals surface area contributed by atoms with Crippen LogP contribution in [0.5, 0.6) is 0 Å². The molecular formula is C19H23N3O3S2. The lowest BCUT2D eigenvalue weighted by Crippen LogP contribution is -2.18. The Hall–Kier alpha value is -1.93. The molecule has 0 aliphatic heterocycles. The number of anilines is 1. The first-order valence-corrected chi connectivity index (χ1v) is 10.8. The molecule has 2 aromatic rings. The maximum Gasteiger partial charge on any atom is 0.341 e. The summed E-state index contributed by atoms with van der Waals surface area (Å²) in [5.41, 5.74) is 2.44. The van der Waals surface area contributed by atoms with Crippen molar-refractivity contribution < 1.29 is 14.3 Å². The van der Waals surface area contributed by atoms with E-state index in [1.165, 1.54) is 28.0 Å².